The van der Waals surface area contributed by atoms with Crippen molar-refractivity contribution in [2.24, 2.45) is 0 Å². The van der Waals surface area contributed by atoms with Gasteiger partial charge in [0.1, 0.15) is 0 Å². The summed E-state index contributed by atoms with van der Waals surface area (Å²) in [5, 5.41) is 0. The summed E-state index contributed by atoms with van der Waals surface area (Å²) < 4.78 is 0. The van der Waals surface area contributed by atoms with Gasteiger partial charge in [0.15, 0.2) is 0 Å². The highest BCUT2D eigenvalue weighted by Gasteiger charge is 1.99. The van der Waals surface area contributed by atoms with Gasteiger partial charge in [0, 0.05) is 11.9 Å². The molecule has 0 fully saturated rings. The zero-order valence-electron chi connectivity index (χ0n) is 25.2. The van der Waals surface area contributed by atoms with Gasteiger partial charge < -0.3 is 4.98 Å². The Kier molecular flexibility index (Phi) is 25.3. The van der Waals surface area contributed by atoms with Gasteiger partial charge in [0.25, 0.3) is 0 Å². The highest BCUT2D eigenvalue weighted by molar-refractivity contribution is 5.18. The molecule has 0 aliphatic heterocycles. The van der Waals surface area contributed by atoms with Crippen molar-refractivity contribution < 1.29 is 0 Å². The zero-order chi connectivity index (χ0) is 25.8. The first-order valence-electron chi connectivity index (χ1n) is 17.0. The third kappa shape index (κ3) is 22.5. The predicted molar refractivity (Wildman–Crippen MR) is 164 cm³/mol. The molecule has 1 N–H and O–H groups in total. The van der Waals surface area contributed by atoms with E-state index in [0.29, 0.717) is 0 Å². The number of nitrogens with one attached hydrogen (secondary N) is 1. The lowest BCUT2D eigenvalue weighted by Gasteiger charge is -2.05. The van der Waals surface area contributed by atoms with Crippen LogP contribution in [0.2, 0.25) is 0 Å². The monoisotopic (exact) mass is 502 g/mol. The van der Waals surface area contributed by atoms with Crippen molar-refractivity contribution >= 4 is 0 Å². The summed E-state index contributed by atoms with van der Waals surface area (Å²) in [6.45, 7) is 4.50. The second kappa shape index (κ2) is 27.3. The molecule has 0 aliphatic carbocycles. The summed E-state index contributed by atoms with van der Waals surface area (Å²) in [7, 11) is 0. The molecule has 0 aliphatic rings. The van der Waals surface area contributed by atoms with E-state index in [1.807, 2.05) is 0 Å². The molecular formula is C35H67N. The highest BCUT2D eigenvalue weighted by Crippen LogP contribution is 2.17. The van der Waals surface area contributed by atoms with Crippen molar-refractivity contribution in [1.82, 2.24) is 4.98 Å². The van der Waals surface area contributed by atoms with E-state index in [9.17, 15) is 0 Å². The van der Waals surface area contributed by atoms with E-state index in [2.05, 4.69) is 31.1 Å². The van der Waals surface area contributed by atoms with Crippen LogP contribution in [-0.2, 0) is 6.42 Å². The molecule has 0 amide bonds. The van der Waals surface area contributed by atoms with Crippen molar-refractivity contribution in [3.8, 4) is 0 Å². The summed E-state index contributed by atoms with van der Waals surface area (Å²) >= 11 is 0. The predicted octanol–water partition coefficient (Wildman–Crippen LogP) is 12.8. The third-order valence-corrected chi connectivity index (χ3v) is 8.37. The Morgan fingerprint density at radius 2 is 0.694 bits per heavy atom. The maximum Gasteiger partial charge on any atom is 0.0148 e. The van der Waals surface area contributed by atoms with Gasteiger partial charge in [-0.3, -0.25) is 0 Å². The van der Waals surface area contributed by atoms with Crippen LogP contribution in [0.25, 0.3) is 0 Å². The van der Waals surface area contributed by atoms with Crippen LogP contribution in [0.3, 0.4) is 0 Å². The minimum atomic E-state index is 1.26. The molecule has 1 rings (SSSR count). The standard InChI is InChI=1S/C35H67N/c1-3-4-5-6-7-8-9-10-11-12-13-14-15-16-17-18-19-20-21-22-23-24-25-26-27-28-29-30-31-35-32-33-36-34(35)2/h32-33,36H,3-31H2,1-2H3. The average molecular weight is 502 g/mol. The van der Waals surface area contributed by atoms with Crippen LogP contribution in [-0.4, -0.2) is 4.98 Å². The van der Waals surface area contributed by atoms with Crippen LogP contribution in [0.15, 0.2) is 12.3 Å². The van der Waals surface area contributed by atoms with Gasteiger partial charge in [-0.15, -0.1) is 0 Å². The minimum Gasteiger partial charge on any atom is -0.365 e. The van der Waals surface area contributed by atoms with Crippen molar-refractivity contribution in [2.45, 2.75) is 200 Å². The second-order valence-corrected chi connectivity index (χ2v) is 11.9. The van der Waals surface area contributed by atoms with Crippen LogP contribution >= 0.6 is 0 Å². The summed E-state index contributed by atoms with van der Waals surface area (Å²) in [6, 6.07) is 2.25. The SMILES string of the molecule is CCCCCCCCCCCCCCCCCCCCCCCCCCCCCCc1cc[nH]c1C. The van der Waals surface area contributed by atoms with Crippen LogP contribution in [0.5, 0.6) is 0 Å². The van der Waals surface area contributed by atoms with E-state index < -0.39 is 0 Å². The van der Waals surface area contributed by atoms with Crippen LogP contribution in [0, 0.1) is 6.92 Å². The molecule has 1 heteroatoms. The Hall–Kier alpha value is -0.720. The maximum absolute atomic E-state index is 3.29. The number of aromatic amines is 1. The number of rotatable bonds is 29. The Bertz CT molecular complexity index is 530. The Morgan fingerprint density at radius 3 is 0.944 bits per heavy atom. The van der Waals surface area contributed by atoms with E-state index in [-0.39, 0.29) is 0 Å². The smallest absolute Gasteiger partial charge is 0.0148 e. The van der Waals surface area contributed by atoms with E-state index in [4.69, 9.17) is 0 Å². The molecular weight excluding hydrogens is 434 g/mol. The Balaban J connectivity index is 1.63. The van der Waals surface area contributed by atoms with E-state index in [1.54, 1.807) is 0 Å². The molecule has 1 aromatic heterocycles. The van der Waals surface area contributed by atoms with Crippen LogP contribution in [0.4, 0.5) is 0 Å². The van der Waals surface area contributed by atoms with Crippen LogP contribution < -0.4 is 0 Å². The number of hydrogen-bond acceptors (Lipinski definition) is 0. The first-order chi connectivity index (χ1) is 17.8. The van der Waals surface area contributed by atoms with Gasteiger partial charge in [-0.05, 0) is 31.4 Å². The van der Waals surface area contributed by atoms with Crippen molar-refractivity contribution in [2.75, 3.05) is 0 Å². The van der Waals surface area contributed by atoms with Gasteiger partial charge in [-0.2, -0.15) is 0 Å². The number of aryl methyl sites for hydroxylation is 2. The minimum absolute atomic E-state index is 1.26. The first-order valence-corrected chi connectivity index (χ1v) is 17.0. The lowest BCUT2D eigenvalue weighted by atomic mass is 10.0. The second-order valence-electron chi connectivity index (χ2n) is 11.9. The molecule has 0 unspecified atom stereocenters. The van der Waals surface area contributed by atoms with Crippen LogP contribution in [0.1, 0.15) is 198 Å². The molecule has 0 spiro atoms. The average Bonchev–Trinajstić information content (AvgIpc) is 3.30. The van der Waals surface area contributed by atoms with E-state index in [0.717, 1.165) is 0 Å². The summed E-state index contributed by atoms with van der Waals surface area (Å²) in [6.07, 6.45) is 44.4. The Labute approximate surface area is 228 Å². The van der Waals surface area contributed by atoms with Gasteiger partial charge in [-0.1, -0.05) is 180 Å². The van der Waals surface area contributed by atoms with Gasteiger partial charge >= 0.3 is 0 Å². The molecule has 212 valence electrons. The quantitative estimate of drug-likeness (QED) is 0.105. The molecule has 0 atom stereocenters. The van der Waals surface area contributed by atoms with Gasteiger partial charge in [0.05, 0.1) is 0 Å². The topological polar surface area (TPSA) is 15.8 Å². The fourth-order valence-electron chi connectivity index (χ4n) is 5.74. The number of unbranched alkanes of at least 4 members (excludes halogenated alkanes) is 27. The first kappa shape index (κ1) is 33.3. The zero-order valence-corrected chi connectivity index (χ0v) is 25.2. The van der Waals surface area contributed by atoms with Gasteiger partial charge in [0.2, 0.25) is 0 Å². The number of aromatic nitrogens is 1. The summed E-state index contributed by atoms with van der Waals surface area (Å²) in [5.74, 6) is 0. The fraction of sp³-hybridized carbons (Fsp3) is 0.886. The molecule has 1 aromatic rings. The maximum atomic E-state index is 3.29. The molecule has 0 bridgehead atoms. The van der Waals surface area contributed by atoms with Crippen molar-refractivity contribution in [3.63, 3.8) is 0 Å². The molecule has 1 nitrogen and oxygen atoms in total. The van der Waals surface area contributed by atoms with E-state index >= 15 is 0 Å². The fourth-order valence-corrected chi connectivity index (χ4v) is 5.74. The van der Waals surface area contributed by atoms with E-state index in [1.165, 1.54) is 197 Å². The molecule has 0 saturated carbocycles. The molecule has 0 radical (unpaired) electrons. The molecule has 1 heterocycles. The largest absolute Gasteiger partial charge is 0.365 e. The summed E-state index contributed by atoms with van der Waals surface area (Å²) in [5.41, 5.74) is 2.88. The third-order valence-electron chi connectivity index (χ3n) is 8.37. The molecule has 36 heavy (non-hydrogen) atoms. The van der Waals surface area contributed by atoms with Crippen molar-refractivity contribution in [3.05, 3.63) is 23.5 Å². The van der Waals surface area contributed by atoms with Gasteiger partial charge in [-0.25, -0.2) is 0 Å². The summed E-state index contributed by atoms with van der Waals surface area (Å²) in [4.78, 5) is 3.29. The number of hydrogen-bond donors (Lipinski definition) is 1. The lowest BCUT2D eigenvalue weighted by Crippen LogP contribution is -1.87. The number of H-pyrrole nitrogens is 1. The van der Waals surface area contributed by atoms with Crippen molar-refractivity contribution in [1.29, 1.82) is 0 Å². The highest BCUT2D eigenvalue weighted by atomic mass is 14.7. The Morgan fingerprint density at radius 1 is 0.417 bits per heavy atom. The molecule has 0 saturated heterocycles. The molecule has 0 aromatic carbocycles. The normalized spacial score (nSPS) is 11.5. The lowest BCUT2D eigenvalue weighted by molar-refractivity contribution is 0.514.